The van der Waals surface area contributed by atoms with E-state index in [1.165, 1.54) is 25.7 Å². The predicted octanol–water partition coefficient (Wildman–Crippen LogP) is 4.38. The van der Waals surface area contributed by atoms with Gasteiger partial charge in [0.25, 0.3) is 0 Å². The molecule has 1 atom stereocenters. The van der Waals surface area contributed by atoms with Crippen LogP contribution in [0.2, 0.25) is 0 Å². The summed E-state index contributed by atoms with van der Waals surface area (Å²) in [7, 11) is 0. The van der Waals surface area contributed by atoms with Gasteiger partial charge < -0.3 is 0 Å². The van der Waals surface area contributed by atoms with E-state index in [2.05, 4.69) is 49.4 Å². The quantitative estimate of drug-likeness (QED) is 0.766. The molecule has 3 nitrogen and oxygen atoms in total. The first-order valence-electron chi connectivity index (χ1n) is 6.91. The summed E-state index contributed by atoms with van der Waals surface area (Å²) in [5, 5.41) is 7.54. The van der Waals surface area contributed by atoms with Gasteiger partial charge in [0.15, 0.2) is 4.77 Å². The summed E-state index contributed by atoms with van der Waals surface area (Å²) in [5.74, 6) is 1.66. The molecule has 1 aliphatic carbocycles. The summed E-state index contributed by atoms with van der Waals surface area (Å²) in [6.07, 6.45) is 5.15. The summed E-state index contributed by atoms with van der Waals surface area (Å²) < 4.78 is 2.96. The highest BCUT2D eigenvalue weighted by Crippen LogP contribution is 2.46. The van der Waals surface area contributed by atoms with Crippen molar-refractivity contribution in [2.75, 3.05) is 0 Å². The molecule has 0 radical (unpaired) electrons. The first-order valence-corrected chi connectivity index (χ1v) is 7.32. The first-order chi connectivity index (χ1) is 8.23. The molecule has 18 heavy (non-hydrogen) atoms. The smallest absolute Gasteiger partial charge is 0.195 e. The van der Waals surface area contributed by atoms with E-state index in [1.807, 2.05) is 0 Å². The fourth-order valence-electron chi connectivity index (χ4n) is 3.16. The number of nitrogens with zero attached hydrogens (tertiary/aromatic N) is 2. The van der Waals surface area contributed by atoms with Crippen LogP contribution in [0.5, 0.6) is 0 Å². The standard InChI is InChI=1S/C14H25N3S/c1-13(2,3)17-11(15-16-12(17)18)10-8-6-7-9-14(10,4)5/h10H,6-9H2,1-5H3,(H,16,18). The number of hydrogen-bond donors (Lipinski definition) is 1. The number of hydrogen-bond acceptors (Lipinski definition) is 2. The van der Waals surface area contributed by atoms with E-state index in [9.17, 15) is 0 Å². The van der Waals surface area contributed by atoms with Crippen molar-refractivity contribution in [1.82, 2.24) is 14.8 Å². The van der Waals surface area contributed by atoms with Crippen LogP contribution in [-0.4, -0.2) is 14.8 Å². The van der Waals surface area contributed by atoms with Gasteiger partial charge in [0.2, 0.25) is 0 Å². The molecule has 1 saturated carbocycles. The Labute approximate surface area is 115 Å². The van der Waals surface area contributed by atoms with Gasteiger partial charge in [-0.25, -0.2) is 0 Å². The van der Waals surface area contributed by atoms with Gasteiger partial charge in [-0.2, -0.15) is 5.10 Å². The summed E-state index contributed by atoms with van der Waals surface area (Å²) in [6, 6.07) is 0. The Hall–Kier alpha value is -0.640. The molecule has 4 heteroatoms. The van der Waals surface area contributed by atoms with Gasteiger partial charge in [-0.15, -0.1) is 0 Å². The topological polar surface area (TPSA) is 33.6 Å². The van der Waals surface area contributed by atoms with Gasteiger partial charge in [0.05, 0.1) is 0 Å². The van der Waals surface area contributed by atoms with Crippen molar-refractivity contribution in [3.63, 3.8) is 0 Å². The monoisotopic (exact) mass is 267 g/mol. The Kier molecular flexibility index (Phi) is 3.43. The lowest BCUT2D eigenvalue weighted by Gasteiger charge is -2.39. The largest absolute Gasteiger partial charge is 0.299 e. The minimum atomic E-state index is -0.00700. The summed E-state index contributed by atoms with van der Waals surface area (Å²) in [5.41, 5.74) is 0.315. The summed E-state index contributed by atoms with van der Waals surface area (Å²) >= 11 is 5.41. The molecule has 0 saturated heterocycles. The predicted molar refractivity (Wildman–Crippen MR) is 77.4 cm³/mol. The minimum absolute atomic E-state index is 0.00700. The lowest BCUT2D eigenvalue weighted by atomic mass is 9.68. The fraction of sp³-hybridized carbons (Fsp3) is 0.857. The molecular formula is C14H25N3S. The molecule has 102 valence electrons. The van der Waals surface area contributed by atoms with Crippen LogP contribution in [0.4, 0.5) is 0 Å². The van der Waals surface area contributed by atoms with Crippen LogP contribution in [0.25, 0.3) is 0 Å². The molecule has 1 unspecified atom stereocenters. The average Bonchev–Trinajstić information content (AvgIpc) is 2.58. The van der Waals surface area contributed by atoms with Crippen LogP contribution in [0.3, 0.4) is 0 Å². The summed E-state index contributed by atoms with van der Waals surface area (Å²) in [4.78, 5) is 0. The van der Waals surface area contributed by atoms with Crippen LogP contribution in [0.1, 0.15) is 72.0 Å². The molecule has 0 aliphatic heterocycles. The second-order valence-corrected chi connectivity index (χ2v) is 7.57. The molecule has 0 bridgehead atoms. The van der Waals surface area contributed by atoms with E-state index < -0.39 is 0 Å². The number of H-pyrrole nitrogens is 1. The zero-order valence-corrected chi connectivity index (χ0v) is 13.0. The van der Waals surface area contributed by atoms with Crippen molar-refractivity contribution in [3.05, 3.63) is 10.6 Å². The molecule has 1 fully saturated rings. The molecule has 1 aromatic heterocycles. The van der Waals surface area contributed by atoms with E-state index in [-0.39, 0.29) is 5.54 Å². The van der Waals surface area contributed by atoms with Crippen molar-refractivity contribution in [2.45, 2.75) is 71.8 Å². The maximum absolute atomic E-state index is 5.41. The van der Waals surface area contributed by atoms with Crippen molar-refractivity contribution < 1.29 is 0 Å². The van der Waals surface area contributed by atoms with E-state index in [4.69, 9.17) is 12.2 Å². The second kappa shape index (κ2) is 4.48. The van der Waals surface area contributed by atoms with Crippen LogP contribution in [-0.2, 0) is 5.54 Å². The highest BCUT2D eigenvalue weighted by Gasteiger charge is 2.37. The molecule has 0 spiro atoms. The third-order valence-corrected chi connectivity index (χ3v) is 4.46. The van der Waals surface area contributed by atoms with Gasteiger partial charge in [-0.1, -0.05) is 26.7 Å². The lowest BCUT2D eigenvalue weighted by molar-refractivity contribution is 0.181. The molecular weight excluding hydrogens is 242 g/mol. The number of aromatic amines is 1. The second-order valence-electron chi connectivity index (χ2n) is 7.18. The normalized spacial score (nSPS) is 24.2. The van der Waals surface area contributed by atoms with Gasteiger partial charge in [-0.3, -0.25) is 9.67 Å². The third kappa shape index (κ3) is 2.40. The van der Waals surface area contributed by atoms with E-state index in [0.29, 0.717) is 11.3 Å². The van der Waals surface area contributed by atoms with Crippen molar-refractivity contribution >= 4 is 12.2 Å². The van der Waals surface area contributed by atoms with Crippen molar-refractivity contribution in [2.24, 2.45) is 5.41 Å². The van der Waals surface area contributed by atoms with E-state index in [0.717, 1.165) is 10.6 Å². The third-order valence-electron chi connectivity index (χ3n) is 4.19. The average molecular weight is 267 g/mol. The minimum Gasteiger partial charge on any atom is -0.299 e. The number of rotatable bonds is 1. The maximum Gasteiger partial charge on any atom is 0.195 e. The zero-order valence-electron chi connectivity index (χ0n) is 12.2. The van der Waals surface area contributed by atoms with E-state index >= 15 is 0 Å². The lowest BCUT2D eigenvalue weighted by Crippen LogP contribution is -2.32. The van der Waals surface area contributed by atoms with Crippen LogP contribution >= 0.6 is 12.2 Å². The molecule has 1 aliphatic rings. The molecule has 0 aromatic carbocycles. The molecule has 1 aromatic rings. The Bertz CT molecular complexity index is 476. The van der Waals surface area contributed by atoms with Crippen LogP contribution < -0.4 is 0 Å². The van der Waals surface area contributed by atoms with Crippen LogP contribution in [0.15, 0.2) is 0 Å². The van der Waals surface area contributed by atoms with Crippen LogP contribution in [0, 0.1) is 10.2 Å². The molecule has 1 N–H and O–H groups in total. The zero-order chi connectivity index (χ0) is 13.6. The van der Waals surface area contributed by atoms with Crippen molar-refractivity contribution in [3.8, 4) is 0 Å². The Morgan fingerprint density at radius 2 is 2.00 bits per heavy atom. The maximum atomic E-state index is 5.41. The number of nitrogens with one attached hydrogen (secondary N) is 1. The first kappa shape index (κ1) is 13.8. The Morgan fingerprint density at radius 1 is 1.33 bits per heavy atom. The number of aromatic nitrogens is 3. The van der Waals surface area contributed by atoms with Gasteiger partial charge >= 0.3 is 0 Å². The van der Waals surface area contributed by atoms with Gasteiger partial charge in [0, 0.05) is 11.5 Å². The highest BCUT2D eigenvalue weighted by atomic mass is 32.1. The molecule has 0 amide bonds. The molecule has 2 rings (SSSR count). The van der Waals surface area contributed by atoms with Gasteiger partial charge in [0.1, 0.15) is 5.82 Å². The highest BCUT2D eigenvalue weighted by molar-refractivity contribution is 7.71. The van der Waals surface area contributed by atoms with Gasteiger partial charge in [-0.05, 0) is 51.2 Å². The fourth-order valence-corrected chi connectivity index (χ4v) is 3.58. The Morgan fingerprint density at radius 3 is 2.56 bits per heavy atom. The summed E-state index contributed by atoms with van der Waals surface area (Å²) in [6.45, 7) is 11.3. The van der Waals surface area contributed by atoms with Crippen molar-refractivity contribution in [1.29, 1.82) is 0 Å². The van der Waals surface area contributed by atoms with E-state index in [1.54, 1.807) is 0 Å². The Balaban J connectivity index is 2.48. The molecule has 1 heterocycles. The SMILES string of the molecule is CC1(C)CCCCC1c1n[nH]c(=S)n1C(C)(C)C.